The minimum atomic E-state index is -0.780. The van der Waals surface area contributed by atoms with Gasteiger partial charge in [-0.1, -0.05) is 23.4 Å². The van der Waals surface area contributed by atoms with Crippen molar-refractivity contribution in [2.24, 2.45) is 0 Å². The summed E-state index contributed by atoms with van der Waals surface area (Å²) in [6.07, 6.45) is 4.66. The van der Waals surface area contributed by atoms with Crippen molar-refractivity contribution in [2.45, 2.75) is 18.9 Å². The minimum absolute atomic E-state index is 0.00676. The molecule has 0 aliphatic heterocycles. The molecule has 1 aromatic carbocycles. The number of amides is 1. The highest BCUT2D eigenvalue weighted by Crippen LogP contribution is 2.32. The highest BCUT2D eigenvalue weighted by atomic mass is 16.5. The Bertz CT molecular complexity index is 1600. The van der Waals surface area contributed by atoms with E-state index < -0.39 is 17.4 Å². The summed E-state index contributed by atoms with van der Waals surface area (Å²) >= 11 is 0. The third-order valence-electron chi connectivity index (χ3n) is 5.85. The molecule has 11 heteroatoms. The van der Waals surface area contributed by atoms with Crippen LogP contribution in [0.4, 0.5) is 0 Å². The lowest BCUT2D eigenvalue weighted by atomic mass is 9.89. The van der Waals surface area contributed by atoms with Gasteiger partial charge >= 0.3 is 0 Å². The first-order valence-corrected chi connectivity index (χ1v) is 11.4. The van der Waals surface area contributed by atoms with E-state index in [0.29, 0.717) is 22.8 Å². The molecule has 4 aromatic heterocycles. The molecule has 0 saturated carbocycles. The summed E-state index contributed by atoms with van der Waals surface area (Å²) in [4.78, 5) is 38.8. The molecule has 0 fully saturated rings. The van der Waals surface area contributed by atoms with Gasteiger partial charge in [-0.3, -0.25) is 19.0 Å². The lowest BCUT2D eigenvalue weighted by molar-refractivity contribution is -0.121. The molecular weight excluding hydrogens is 476 g/mol. The third-order valence-corrected chi connectivity index (χ3v) is 5.85. The van der Waals surface area contributed by atoms with E-state index in [2.05, 4.69) is 25.4 Å². The average molecular weight is 498 g/mol. The number of rotatable bonds is 8. The SMILES string of the molecule is COc1ccc(C(CC(=O)NCc2nc(-c3ccncc3)no2)c2c(O)nc3ccccn3c2=O)cc1. The van der Waals surface area contributed by atoms with E-state index in [4.69, 9.17) is 9.26 Å². The molecule has 0 radical (unpaired) electrons. The van der Waals surface area contributed by atoms with Crippen LogP contribution in [-0.4, -0.2) is 42.6 Å². The lowest BCUT2D eigenvalue weighted by Gasteiger charge is -2.18. The van der Waals surface area contributed by atoms with E-state index in [-0.39, 0.29) is 30.3 Å². The Morgan fingerprint density at radius 3 is 2.65 bits per heavy atom. The quantitative estimate of drug-likeness (QED) is 0.330. The van der Waals surface area contributed by atoms with Gasteiger partial charge in [-0.15, -0.1) is 0 Å². The number of hydrogen-bond acceptors (Lipinski definition) is 9. The number of carbonyl (C=O) groups is 1. The molecule has 1 unspecified atom stereocenters. The highest BCUT2D eigenvalue weighted by Gasteiger charge is 2.27. The predicted octanol–water partition coefficient (Wildman–Crippen LogP) is 2.69. The lowest BCUT2D eigenvalue weighted by Crippen LogP contribution is -2.28. The van der Waals surface area contributed by atoms with Gasteiger partial charge < -0.3 is 19.7 Å². The number of fused-ring (bicyclic) bond motifs is 1. The molecule has 0 aliphatic carbocycles. The van der Waals surface area contributed by atoms with Crippen LogP contribution in [0.25, 0.3) is 17.0 Å². The number of nitrogens with zero attached hydrogens (tertiary/aromatic N) is 5. The van der Waals surface area contributed by atoms with Crippen molar-refractivity contribution in [1.29, 1.82) is 0 Å². The molecule has 5 rings (SSSR count). The Morgan fingerprint density at radius 2 is 1.89 bits per heavy atom. The number of hydrogen-bond donors (Lipinski definition) is 2. The first kappa shape index (κ1) is 23.7. The fraction of sp³-hybridized carbons (Fsp3) is 0.154. The largest absolute Gasteiger partial charge is 0.497 e. The van der Waals surface area contributed by atoms with Crippen molar-refractivity contribution in [3.8, 4) is 23.0 Å². The number of aromatic nitrogens is 5. The maximum atomic E-state index is 13.4. The first-order valence-electron chi connectivity index (χ1n) is 11.4. The standard InChI is InChI=1S/C26H22N6O5/c1-36-18-7-5-16(6-8-18)19(23-25(34)29-20-4-2-3-13-32(20)26(23)35)14-21(33)28-15-22-30-24(31-37-22)17-9-11-27-12-10-17/h2-13,19,34H,14-15H2,1H3,(H,28,33). The number of carbonyl (C=O) groups excluding carboxylic acids is 1. The van der Waals surface area contributed by atoms with E-state index in [1.807, 2.05) is 0 Å². The van der Waals surface area contributed by atoms with Crippen LogP contribution < -0.4 is 15.6 Å². The second kappa shape index (κ2) is 10.3. The zero-order chi connectivity index (χ0) is 25.8. The van der Waals surface area contributed by atoms with Gasteiger partial charge in [0.2, 0.25) is 23.5 Å². The molecule has 5 aromatic rings. The Kier molecular flexibility index (Phi) is 6.58. The number of ether oxygens (including phenoxy) is 1. The van der Waals surface area contributed by atoms with Crippen LogP contribution in [-0.2, 0) is 11.3 Å². The maximum Gasteiger partial charge on any atom is 0.265 e. The smallest absolute Gasteiger partial charge is 0.265 e. The topological polar surface area (TPSA) is 145 Å². The Hall–Kier alpha value is -5.06. The van der Waals surface area contributed by atoms with Crippen LogP contribution >= 0.6 is 0 Å². The Balaban J connectivity index is 1.41. The fourth-order valence-corrected chi connectivity index (χ4v) is 4.00. The molecule has 1 atom stereocenters. The summed E-state index contributed by atoms with van der Waals surface area (Å²) in [5, 5.41) is 17.4. The monoisotopic (exact) mass is 498 g/mol. The Morgan fingerprint density at radius 1 is 1.11 bits per heavy atom. The summed E-state index contributed by atoms with van der Waals surface area (Å²) in [5.74, 6) is -0.381. The van der Waals surface area contributed by atoms with Crippen molar-refractivity contribution in [1.82, 2.24) is 29.8 Å². The molecule has 37 heavy (non-hydrogen) atoms. The summed E-state index contributed by atoms with van der Waals surface area (Å²) < 4.78 is 11.8. The van der Waals surface area contributed by atoms with Crippen molar-refractivity contribution >= 4 is 11.6 Å². The molecule has 0 bridgehead atoms. The molecule has 1 amide bonds. The van der Waals surface area contributed by atoms with Gasteiger partial charge in [0.15, 0.2) is 0 Å². The number of nitrogens with one attached hydrogen (secondary N) is 1. The van der Waals surface area contributed by atoms with Crippen LogP contribution in [0.3, 0.4) is 0 Å². The van der Waals surface area contributed by atoms with Crippen LogP contribution in [0.1, 0.15) is 29.4 Å². The van der Waals surface area contributed by atoms with Crippen LogP contribution in [0, 0.1) is 0 Å². The second-order valence-corrected chi connectivity index (χ2v) is 8.14. The fourth-order valence-electron chi connectivity index (χ4n) is 4.00. The van der Waals surface area contributed by atoms with Crippen molar-refractivity contribution in [3.05, 3.63) is 101 Å². The number of aromatic hydroxyl groups is 1. The van der Waals surface area contributed by atoms with Gasteiger partial charge in [-0.05, 0) is 42.0 Å². The first-order chi connectivity index (χ1) is 18.0. The van der Waals surface area contributed by atoms with Crippen LogP contribution in [0.5, 0.6) is 11.6 Å². The number of pyridine rings is 2. The van der Waals surface area contributed by atoms with Gasteiger partial charge in [0.05, 0.1) is 19.2 Å². The van der Waals surface area contributed by atoms with Crippen molar-refractivity contribution in [2.75, 3.05) is 7.11 Å². The average Bonchev–Trinajstić information content (AvgIpc) is 3.41. The Labute approximate surface area is 210 Å². The van der Waals surface area contributed by atoms with E-state index in [1.165, 1.54) is 4.40 Å². The minimum Gasteiger partial charge on any atom is -0.497 e. The van der Waals surface area contributed by atoms with E-state index in [0.717, 1.165) is 5.56 Å². The zero-order valence-electron chi connectivity index (χ0n) is 19.7. The summed E-state index contributed by atoms with van der Waals surface area (Å²) in [5.41, 5.74) is 1.22. The number of benzene rings is 1. The highest BCUT2D eigenvalue weighted by molar-refractivity contribution is 5.77. The molecule has 0 aliphatic rings. The molecule has 0 saturated heterocycles. The molecule has 4 heterocycles. The van der Waals surface area contributed by atoms with Crippen molar-refractivity contribution < 1.29 is 19.2 Å². The predicted molar refractivity (Wildman–Crippen MR) is 132 cm³/mol. The molecule has 186 valence electrons. The summed E-state index contributed by atoms with van der Waals surface area (Å²) in [6, 6.07) is 15.5. The van der Waals surface area contributed by atoms with Gasteiger partial charge in [-0.2, -0.15) is 9.97 Å². The van der Waals surface area contributed by atoms with Crippen LogP contribution in [0.15, 0.2) is 82.5 Å². The maximum absolute atomic E-state index is 13.4. The molecule has 2 N–H and O–H groups in total. The van der Waals surface area contributed by atoms with Gasteiger partial charge in [0.1, 0.15) is 11.4 Å². The third kappa shape index (κ3) is 5.01. The van der Waals surface area contributed by atoms with Crippen molar-refractivity contribution in [3.63, 3.8) is 0 Å². The summed E-state index contributed by atoms with van der Waals surface area (Å²) in [6.45, 7) is -0.00676. The second-order valence-electron chi connectivity index (χ2n) is 8.14. The number of methoxy groups -OCH3 is 1. The van der Waals surface area contributed by atoms with Crippen LogP contribution in [0.2, 0.25) is 0 Å². The molecule has 11 nitrogen and oxygen atoms in total. The van der Waals surface area contributed by atoms with Gasteiger partial charge in [-0.25, -0.2) is 0 Å². The van der Waals surface area contributed by atoms with E-state index >= 15 is 0 Å². The van der Waals surface area contributed by atoms with E-state index in [1.54, 1.807) is 80.3 Å². The van der Waals surface area contributed by atoms with E-state index in [9.17, 15) is 14.7 Å². The normalized spacial score (nSPS) is 11.8. The van der Waals surface area contributed by atoms with Gasteiger partial charge in [0.25, 0.3) is 5.56 Å². The zero-order valence-corrected chi connectivity index (χ0v) is 19.7. The van der Waals surface area contributed by atoms with Gasteiger partial charge in [0, 0.05) is 36.5 Å². The molecular formula is C26H22N6O5. The summed E-state index contributed by atoms with van der Waals surface area (Å²) in [7, 11) is 1.54. The molecule has 0 spiro atoms.